The lowest BCUT2D eigenvalue weighted by molar-refractivity contribution is -0.135. The number of hydrogen-bond acceptors (Lipinski definition) is 5. The molecule has 6 nitrogen and oxygen atoms in total. The first-order valence-corrected chi connectivity index (χ1v) is 9.16. The van der Waals surface area contributed by atoms with Gasteiger partial charge in [-0.2, -0.15) is 0 Å². The fourth-order valence-electron chi connectivity index (χ4n) is 3.77. The van der Waals surface area contributed by atoms with Gasteiger partial charge in [-0.25, -0.2) is 0 Å². The molecule has 1 aromatic heterocycles. The second-order valence-corrected chi connectivity index (χ2v) is 6.96. The van der Waals surface area contributed by atoms with Gasteiger partial charge in [-0.1, -0.05) is 5.16 Å². The minimum absolute atomic E-state index is 0.190. The molecule has 1 aromatic rings. The summed E-state index contributed by atoms with van der Waals surface area (Å²) in [5.74, 6) is 0.947. The van der Waals surface area contributed by atoms with E-state index in [1.54, 1.807) is 0 Å². The lowest BCUT2D eigenvalue weighted by Crippen LogP contribution is -2.47. The van der Waals surface area contributed by atoms with Crippen LogP contribution in [0.1, 0.15) is 42.7 Å². The fraction of sp³-hybridized carbons (Fsp3) is 0.778. The van der Waals surface area contributed by atoms with E-state index < -0.39 is 0 Å². The van der Waals surface area contributed by atoms with Crippen LogP contribution in [0.15, 0.2) is 4.52 Å². The van der Waals surface area contributed by atoms with Gasteiger partial charge in [-0.05, 0) is 52.6 Å². The van der Waals surface area contributed by atoms with E-state index in [9.17, 15) is 4.79 Å². The predicted molar refractivity (Wildman–Crippen MR) is 90.9 cm³/mol. The molecule has 0 aliphatic carbocycles. The highest BCUT2D eigenvalue weighted by Crippen LogP contribution is 2.19. The molecule has 134 valence electrons. The van der Waals surface area contributed by atoms with Gasteiger partial charge in [0.05, 0.1) is 12.1 Å². The molecule has 0 bridgehead atoms. The highest BCUT2D eigenvalue weighted by atomic mass is 16.5. The van der Waals surface area contributed by atoms with E-state index in [0.717, 1.165) is 56.2 Å². The molecule has 2 aliphatic rings. The zero-order chi connectivity index (χ0) is 16.9. The van der Waals surface area contributed by atoms with E-state index in [4.69, 9.17) is 9.26 Å². The first-order valence-electron chi connectivity index (χ1n) is 9.16. The second-order valence-electron chi connectivity index (χ2n) is 6.96. The van der Waals surface area contributed by atoms with E-state index in [1.165, 1.54) is 25.9 Å². The van der Waals surface area contributed by atoms with Gasteiger partial charge in [-0.15, -0.1) is 0 Å². The Bertz CT molecular complexity index is 526. The van der Waals surface area contributed by atoms with E-state index in [-0.39, 0.29) is 5.91 Å². The van der Waals surface area contributed by atoms with Crippen molar-refractivity contribution in [1.82, 2.24) is 15.0 Å². The Morgan fingerprint density at radius 3 is 2.58 bits per heavy atom. The van der Waals surface area contributed by atoms with Crippen LogP contribution in [0.25, 0.3) is 0 Å². The summed E-state index contributed by atoms with van der Waals surface area (Å²) >= 11 is 0. The van der Waals surface area contributed by atoms with E-state index >= 15 is 0 Å². The van der Waals surface area contributed by atoms with Gasteiger partial charge in [0.25, 0.3) is 0 Å². The lowest BCUT2D eigenvalue weighted by Gasteiger charge is -2.35. The van der Waals surface area contributed by atoms with Crippen molar-refractivity contribution in [2.24, 2.45) is 0 Å². The molecule has 2 fully saturated rings. The maximum atomic E-state index is 13.0. The molecule has 2 saturated heterocycles. The van der Waals surface area contributed by atoms with Gasteiger partial charge >= 0.3 is 0 Å². The van der Waals surface area contributed by atoms with E-state index in [2.05, 4.69) is 15.0 Å². The molecule has 1 amide bonds. The number of carbonyl (C=O) groups is 1. The molecular weight excluding hydrogens is 306 g/mol. The van der Waals surface area contributed by atoms with Crippen LogP contribution < -0.4 is 0 Å². The van der Waals surface area contributed by atoms with Crippen molar-refractivity contribution >= 4 is 5.91 Å². The number of aromatic nitrogens is 1. The molecule has 0 N–H and O–H groups in total. The van der Waals surface area contributed by atoms with Crippen LogP contribution in [0.5, 0.6) is 0 Å². The lowest BCUT2D eigenvalue weighted by atomic mass is 10.0. The molecule has 0 spiro atoms. The Hall–Kier alpha value is -1.40. The zero-order valence-corrected chi connectivity index (χ0v) is 14.9. The van der Waals surface area contributed by atoms with Crippen molar-refractivity contribution in [2.75, 3.05) is 39.4 Å². The summed E-state index contributed by atoms with van der Waals surface area (Å²) in [5.41, 5.74) is 1.77. The van der Waals surface area contributed by atoms with E-state index in [1.807, 2.05) is 13.8 Å². The van der Waals surface area contributed by atoms with Crippen LogP contribution >= 0.6 is 0 Å². The molecule has 0 radical (unpaired) electrons. The minimum atomic E-state index is 0.190. The van der Waals surface area contributed by atoms with Crippen LogP contribution in [0.3, 0.4) is 0 Å². The Labute approximate surface area is 144 Å². The van der Waals surface area contributed by atoms with Gasteiger partial charge in [-0.3, -0.25) is 4.79 Å². The molecule has 0 atom stereocenters. The summed E-state index contributed by atoms with van der Waals surface area (Å²) in [6, 6.07) is 0.300. The fourth-order valence-corrected chi connectivity index (χ4v) is 3.77. The van der Waals surface area contributed by atoms with Crippen molar-refractivity contribution in [3.63, 3.8) is 0 Å². The van der Waals surface area contributed by atoms with Crippen molar-refractivity contribution in [3.8, 4) is 0 Å². The molecule has 3 heterocycles. The number of amides is 1. The van der Waals surface area contributed by atoms with Gasteiger partial charge in [0.15, 0.2) is 0 Å². The summed E-state index contributed by atoms with van der Waals surface area (Å²) in [5, 5.41) is 3.98. The zero-order valence-electron chi connectivity index (χ0n) is 14.9. The van der Waals surface area contributed by atoms with E-state index in [0.29, 0.717) is 12.5 Å². The summed E-state index contributed by atoms with van der Waals surface area (Å²) in [6.07, 6.45) is 4.83. The third-order valence-corrected chi connectivity index (χ3v) is 5.32. The monoisotopic (exact) mass is 335 g/mol. The highest BCUT2D eigenvalue weighted by molar-refractivity contribution is 5.79. The van der Waals surface area contributed by atoms with Gasteiger partial charge in [0.1, 0.15) is 5.76 Å². The van der Waals surface area contributed by atoms with Crippen LogP contribution in [0.2, 0.25) is 0 Å². The Kier molecular flexibility index (Phi) is 5.89. The van der Waals surface area contributed by atoms with Crippen molar-refractivity contribution in [1.29, 1.82) is 0 Å². The smallest absolute Gasteiger partial charge is 0.227 e. The molecule has 0 unspecified atom stereocenters. The number of ether oxygens (including phenoxy) is 1. The van der Waals surface area contributed by atoms with Crippen LogP contribution in [0, 0.1) is 13.8 Å². The average molecular weight is 335 g/mol. The second kappa shape index (κ2) is 8.12. The van der Waals surface area contributed by atoms with Gasteiger partial charge in [0.2, 0.25) is 5.91 Å². The van der Waals surface area contributed by atoms with Crippen molar-refractivity contribution in [3.05, 3.63) is 17.0 Å². The molecule has 3 rings (SSSR count). The average Bonchev–Trinajstić information content (AvgIpc) is 3.21. The van der Waals surface area contributed by atoms with Crippen molar-refractivity contribution < 1.29 is 14.1 Å². The predicted octanol–water partition coefficient (Wildman–Crippen LogP) is 1.94. The molecule has 24 heavy (non-hydrogen) atoms. The van der Waals surface area contributed by atoms with Gasteiger partial charge < -0.3 is 19.1 Å². The summed E-state index contributed by atoms with van der Waals surface area (Å²) < 4.78 is 10.7. The summed E-state index contributed by atoms with van der Waals surface area (Å²) in [4.78, 5) is 17.6. The minimum Gasteiger partial charge on any atom is -0.381 e. The quantitative estimate of drug-likeness (QED) is 0.795. The maximum Gasteiger partial charge on any atom is 0.227 e. The number of nitrogens with zero attached hydrogens (tertiary/aromatic N) is 3. The SMILES string of the molecule is Cc1noc(C)c1CC(=O)N(CCN1CCCC1)C1CCOCC1. The Morgan fingerprint density at radius 1 is 1.25 bits per heavy atom. The highest BCUT2D eigenvalue weighted by Gasteiger charge is 2.27. The maximum absolute atomic E-state index is 13.0. The Balaban J connectivity index is 1.66. The number of hydrogen-bond donors (Lipinski definition) is 0. The van der Waals surface area contributed by atoms with Crippen molar-refractivity contribution in [2.45, 2.75) is 52.0 Å². The molecule has 0 saturated carbocycles. The first-order chi connectivity index (χ1) is 11.6. The van der Waals surface area contributed by atoms with Crippen LogP contribution in [-0.4, -0.2) is 66.3 Å². The Morgan fingerprint density at radius 2 is 1.96 bits per heavy atom. The summed E-state index contributed by atoms with van der Waals surface area (Å²) in [7, 11) is 0. The third-order valence-electron chi connectivity index (χ3n) is 5.32. The molecular formula is C18H29N3O3. The van der Waals surface area contributed by atoms with Crippen LogP contribution in [-0.2, 0) is 16.0 Å². The third kappa shape index (κ3) is 4.16. The molecule has 2 aliphatic heterocycles. The van der Waals surface area contributed by atoms with Crippen LogP contribution in [0.4, 0.5) is 0 Å². The molecule has 6 heteroatoms. The number of rotatable bonds is 6. The normalized spacial score (nSPS) is 19.8. The summed E-state index contributed by atoms with van der Waals surface area (Å²) in [6.45, 7) is 9.41. The topological polar surface area (TPSA) is 58.8 Å². The number of likely N-dealkylation sites (tertiary alicyclic amines) is 1. The first kappa shape index (κ1) is 17.4. The number of aryl methyl sites for hydroxylation is 2. The number of carbonyl (C=O) groups excluding carboxylic acids is 1. The standard InChI is InChI=1S/C18H29N3O3/c1-14-17(15(2)24-19-14)13-18(22)21(16-5-11-23-12-6-16)10-9-20-7-3-4-8-20/h16H,3-13H2,1-2H3. The molecule has 0 aromatic carbocycles. The van der Waals surface area contributed by atoms with Gasteiger partial charge in [0, 0.05) is 37.9 Å². The largest absolute Gasteiger partial charge is 0.381 e.